The molecule has 14 heavy (non-hydrogen) atoms. The molecule has 3 heteroatoms. The minimum atomic E-state index is -0.376. The molecule has 0 aliphatic rings. The molecule has 1 rings (SSSR count). The first-order chi connectivity index (χ1) is 6.56. The minimum Gasteiger partial charge on any atom is -0.258 e. The summed E-state index contributed by atoms with van der Waals surface area (Å²) in [4.78, 5) is 10.2. The maximum Gasteiger partial charge on any atom is 0.269 e. The summed E-state index contributed by atoms with van der Waals surface area (Å²) in [5, 5.41) is 10.6. The van der Waals surface area contributed by atoms with Crippen LogP contribution < -0.4 is 0 Å². The minimum absolute atomic E-state index is 0.138. The normalized spacial score (nSPS) is 12.1. The number of allylic oxidation sites excluding steroid dienone is 1. The third kappa shape index (κ3) is 1.99. The van der Waals surface area contributed by atoms with E-state index in [9.17, 15) is 10.1 Å². The van der Waals surface area contributed by atoms with Crippen molar-refractivity contribution >= 4 is 5.69 Å². The number of benzene rings is 1. The van der Waals surface area contributed by atoms with E-state index in [0.29, 0.717) is 0 Å². The first-order valence-electron chi connectivity index (χ1n) is 4.43. The van der Waals surface area contributed by atoms with Gasteiger partial charge in [0.05, 0.1) is 4.92 Å². The maximum absolute atomic E-state index is 10.6. The zero-order valence-corrected chi connectivity index (χ0v) is 8.36. The highest BCUT2D eigenvalue weighted by atomic mass is 16.6. The molecule has 0 aromatic heterocycles. The highest BCUT2D eigenvalue weighted by Crippen LogP contribution is 2.24. The van der Waals surface area contributed by atoms with Crippen LogP contribution in [0.5, 0.6) is 0 Å². The van der Waals surface area contributed by atoms with Gasteiger partial charge in [-0.15, -0.1) is 6.58 Å². The number of hydrogen-bond acceptors (Lipinski definition) is 2. The zero-order chi connectivity index (χ0) is 10.7. The highest BCUT2D eigenvalue weighted by Gasteiger charge is 2.11. The van der Waals surface area contributed by atoms with Gasteiger partial charge in [-0.3, -0.25) is 10.1 Å². The van der Waals surface area contributed by atoms with Crippen LogP contribution in [0.1, 0.15) is 24.0 Å². The van der Waals surface area contributed by atoms with Crippen LogP contribution in [0, 0.1) is 17.0 Å². The Morgan fingerprint density at radius 3 is 2.71 bits per heavy atom. The molecule has 1 atom stereocenters. The van der Waals surface area contributed by atoms with E-state index in [1.807, 2.05) is 13.8 Å². The van der Waals surface area contributed by atoms with Gasteiger partial charge >= 0.3 is 0 Å². The summed E-state index contributed by atoms with van der Waals surface area (Å²) in [5.74, 6) is 0.148. The van der Waals surface area contributed by atoms with Crippen molar-refractivity contribution in [3.05, 3.63) is 52.1 Å². The van der Waals surface area contributed by atoms with E-state index >= 15 is 0 Å². The lowest BCUT2D eigenvalue weighted by Crippen LogP contribution is -1.96. The fourth-order valence-corrected chi connectivity index (χ4v) is 1.36. The Hall–Kier alpha value is -1.64. The Morgan fingerprint density at radius 1 is 1.57 bits per heavy atom. The van der Waals surface area contributed by atoms with E-state index in [2.05, 4.69) is 6.58 Å². The van der Waals surface area contributed by atoms with Gasteiger partial charge in [-0.1, -0.05) is 19.1 Å². The molecule has 1 aromatic rings. The predicted molar refractivity (Wildman–Crippen MR) is 56.4 cm³/mol. The summed E-state index contributed by atoms with van der Waals surface area (Å²) < 4.78 is 0. The van der Waals surface area contributed by atoms with Crippen LogP contribution in [0.15, 0.2) is 30.9 Å². The molecule has 1 unspecified atom stereocenters. The van der Waals surface area contributed by atoms with Gasteiger partial charge in [0.1, 0.15) is 0 Å². The summed E-state index contributed by atoms with van der Waals surface area (Å²) in [5.41, 5.74) is 2.16. The third-order valence-electron chi connectivity index (χ3n) is 2.32. The zero-order valence-electron chi connectivity index (χ0n) is 8.36. The van der Waals surface area contributed by atoms with Gasteiger partial charge in [-0.25, -0.2) is 0 Å². The fourth-order valence-electron chi connectivity index (χ4n) is 1.36. The Labute approximate surface area is 83.2 Å². The molecule has 0 aliphatic carbocycles. The number of aryl methyl sites for hydroxylation is 1. The molecule has 0 radical (unpaired) electrons. The van der Waals surface area contributed by atoms with Crippen LogP contribution in [0.25, 0.3) is 0 Å². The Kier molecular flexibility index (Phi) is 3.02. The maximum atomic E-state index is 10.6. The molecule has 1 aromatic carbocycles. The molecule has 0 spiro atoms. The fraction of sp³-hybridized carbons (Fsp3) is 0.273. The second-order valence-electron chi connectivity index (χ2n) is 3.32. The van der Waals surface area contributed by atoms with Gasteiger partial charge in [0, 0.05) is 12.1 Å². The Balaban J connectivity index is 3.20. The molecular formula is C11H13NO2. The molecule has 3 nitrogen and oxygen atoms in total. The van der Waals surface area contributed by atoms with E-state index in [1.54, 1.807) is 18.2 Å². The van der Waals surface area contributed by atoms with Crippen LogP contribution >= 0.6 is 0 Å². The van der Waals surface area contributed by atoms with Crippen molar-refractivity contribution in [2.24, 2.45) is 0 Å². The van der Waals surface area contributed by atoms with E-state index in [-0.39, 0.29) is 16.5 Å². The summed E-state index contributed by atoms with van der Waals surface area (Å²) in [7, 11) is 0. The van der Waals surface area contributed by atoms with E-state index in [1.165, 1.54) is 6.07 Å². The molecule has 0 amide bonds. The Bertz CT molecular complexity index is 372. The standard InChI is InChI=1S/C11H13NO2/c1-4-8(2)11-7-10(12(13)14)6-5-9(11)3/h4-8H,1H2,2-3H3. The van der Waals surface area contributed by atoms with E-state index < -0.39 is 0 Å². The number of nitro groups is 1. The van der Waals surface area contributed by atoms with Gasteiger partial charge < -0.3 is 0 Å². The lowest BCUT2D eigenvalue weighted by atomic mass is 9.96. The van der Waals surface area contributed by atoms with Crippen molar-refractivity contribution in [1.82, 2.24) is 0 Å². The molecule has 0 fully saturated rings. The van der Waals surface area contributed by atoms with Crippen molar-refractivity contribution in [3.8, 4) is 0 Å². The first kappa shape index (κ1) is 10.4. The molecule has 0 heterocycles. The monoisotopic (exact) mass is 191 g/mol. The van der Waals surface area contributed by atoms with Gasteiger partial charge in [-0.05, 0) is 24.0 Å². The van der Waals surface area contributed by atoms with Gasteiger partial charge in [0.2, 0.25) is 0 Å². The van der Waals surface area contributed by atoms with Gasteiger partial charge in [0.25, 0.3) is 5.69 Å². The largest absolute Gasteiger partial charge is 0.269 e. The third-order valence-corrected chi connectivity index (χ3v) is 2.32. The van der Waals surface area contributed by atoms with Crippen LogP contribution in [-0.4, -0.2) is 4.92 Å². The Morgan fingerprint density at radius 2 is 2.21 bits per heavy atom. The lowest BCUT2D eigenvalue weighted by Gasteiger charge is -2.09. The number of nitro benzene ring substituents is 1. The highest BCUT2D eigenvalue weighted by molar-refractivity contribution is 5.42. The summed E-state index contributed by atoms with van der Waals surface area (Å²) in [6.45, 7) is 7.60. The van der Waals surface area contributed by atoms with E-state index in [4.69, 9.17) is 0 Å². The molecule has 0 bridgehead atoms. The predicted octanol–water partition coefficient (Wildman–Crippen LogP) is 3.19. The quantitative estimate of drug-likeness (QED) is 0.418. The number of nitrogens with zero attached hydrogens (tertiary/aromatic N) is 1. The molecule has 0 saturated heterocycles. The van der Waals surface area contributed by atoms with Crippen LogP contribution in [0.3, 0.4) is 0 Å². The summed E-state index contributed by atoms with van der Waals surface area (Å²) in [6, 6.07) is 4.91. The average molecular weight is 191 g/mol. The van der Waals surface area contributed by atoms with Crippen molar-refractivity contribution in [2.45, 2.75) is 19.8 Å². The van der Waals surface area contributed by atoms with Crippen molar-refractivity contribution in [3.63, 3.8) is 0 Å². The van der Waals surface area contributed by atoms with Crippen molar-refractivity contribution in [2.75, 3.05) is 0 Å². The molecule has 0 N–H and O–H groups in total. The number of hydrogen-bond donors (Lipinski definition) is 0. The average Bonchev–Trinajstić information content (AvgIpc) is 2.17. The first-order valence-corrected chi connectivity index (χ1v) is 4.43. The number of non-ortho nitro benzene ring substituents is 1. The molecule has 0 saturated carbocycles. The van der Waals surface area contributed by atoms with Crippen molar-refractivity contribution < 1.29 is 4.92 Å². The van der Waals surface area contributed by atoms with E-state index in [0.717, 1.165) is 11.1 Å². The molecule has 0 aliphatic heterocycles. The number of rotatable bonds is 3. The lowest BCUT2D eigenvalue weighted by molar-refractivity contribution is -0.384. The van der Waals surface area contributed by atoms with Gasteiger partial charge in [0.15, 0.2) is 0 Å². The summed E-state index contributed by atoms with van der Waals surface area (Å²) >= 11 is 0. The topological polar surface area (TPSA) is 43.1 Å². The van der Waals surface area contributed by atoms with Gasteiger partial charge in [-0.2, -0.15) is 0 Å². The summed E-state index contributed by atoms with van der Waals surface area (Å²) in [6.07, 6.45) is 1.78. The molecular weight excluding hydrogens is 178 g/mol. The van der Waals surface area contributed by atoms with Crippen LogP contribution in [-0.2, 0) is 0 Å². The second-order valence-corrected chi connectivity index (χ2v) is 3.32. The van der Waals surface area contributed by atoms with Crippen molar-refractivity contribution in [1.29, 1.82) is 0 Å². The smallest absolute Gasteiger partial charge is 0.258 e. The molecule has 74 valence electrons. The van der Waals surface area contributed by atoms with Crippen LogP contribution in [0.4, 0.5) is 5.69 Å². The SMILES string of the molecule is C=CC(C)c1cc([N+](=O)[O-])ccc1C. The van der Waals surface area contributed by atoms with Crippen LogP contribution in [0.2, 0.25) is 0 Å². The second kappa shape index (κ2) is 4.05.